The average Bonchev–Trinajstić information content (AvgIpc) is 2.41. The van der Waals surface area contributed by atoms with Gasteiger partial charge in [0.05, 0.1) is 16.6 Å². The van der Waals surface area contributed by atoms with E-state index >= 15 is 0 Å². The van der Waals surface area contributed by atoms with Crippen molar-refractivity contribution in [2.45, 2.75) is 12.8 Å². The molecule has 2 rings (SSSR count). The van der Waals surface area contributed by atoms with E-state index in [2.05, 4.69) is 20.9 Å². The summed E-state index contributed by atoms with van der Waals surface area (Å²) in [6.45, 7) is 1.84. The van der Waals surface area contributed by atoms with E-state index in [1.165, 1.54) is 0 Å². The summed E-state index contributed by atoms with van der Waals surface area (Å²) in [4.78, 5) is 16.6. The summed E-state index contributed by atoms with van der Waals surface area (Å²) >= 11 is 9.40. The van der Waals surface area contributed by atoms with E-state index in [0.717, 1.165) is 10.2 Å². The number of pyridine rings is 1. The zero-order chi connectivity index (χ0) is 13.1. The molecule has 0 fully saturated rings. The van der Waals surface area contributed by atoms with E-state index in [4.69, 9.17) is 11.6 Å². The predicted octanol–water partition coefficient (Wildman–Crippen LogP) is 4.48. The average molecular weight is 325 g/mol. The largest absolute Gasteiger partial charge is 0.293 e. The van der Waals surface area contributed by atoms with E-state index in [1.807, 2.05) is 31.2 Å². The Labute approximate surface area is 119 Å². The molecule has 92 valence electrons. The van der Waals surface area contributed by atoms with Crippen LogP contribution in [0.1, 0.15) is 28.9 Å². The van der Waals surface area contributed by atoms with Gasteiger partial charge in [-0.3, -0.25) is 9.78 Å². The zero-order valence-electron chi connectivity index (χ0n) is 9.73. The van der Waals surface area contributed by atoms with Crippen molar-refractivity contribution in [1.29, 1.82) is 0 Å². The standard InChI is InChI=1S/C14H11BrClNO/c1-9(13-4-2-3-7-17-13)14(18)11-8-10(15)5-6-12(11)16/h2-9H,1H3. The van der Waals surface area contributed by atoms with E-state index in [1.54, 1.807) is 18.3 Å². The van der Waals surface area contributed by atoms with Crippen LogP contribution in [0.4, 0.5) is 0 Å². The summed E-state index contributed by atoms with van der Waals surface area (Å²) in [5.74, 6) is -0.335. The molecule has 0 saturated carbocycles. The van der Waals surface area contributed by atoms with Gasteiger partial charge in [-0.05, 0) is 37.3 Å². The second-order valence-electron chi connectivity index (χ2n) is 3.96. The molecule has 2 aromatic rings. The molecule has 0 bridgehead atoms. The molecule has 4 heteroatoms. The molecular formula is C14H11BrClNO. The Morgan fingerprint density at radius 3 is 2.78 bits per heavy atom. The highest BCUT2D eigenvalue weighted by molar-refractivity contribution is 9.10. The summed E-state index contributed by atoms with van der Waals surface area (Å²) in [5.41, 5.74) is 1.27. The first-order valence-electron chi connectivity index (χ1n) is 5.50. The van der Waals surface area contributed by atoms with Gasteiger partial charge in [0.25, 0.3) is 0 Å². The Morgan fingerprint density at radius 1 is 1.33 bits per heavy atom. The molecule has 0 saturated heterocycles. The van der Waals surface area contributed by atoms with Gasteiger partial charge in [0.2, 0.25) is 0 Å². The molecule has 2 nitrogen and oxygen atoms in total. The number of rotatable bonds is 3. The number of nitrogens with zero attached hydrogens (tertiary/aromatic N) is 1. The van der Waals surface area contributed by atoms with Gasteiger partial charge in [-0.15, -0.1) is 0 Å². The molecule has 1 heterocycles. The van der Waals surface area contributed by atoms with Gasteiger partial charge in [0.15, 0.2) is 5.78 Å². The summed E-state index contributed by atoms with van der Waals surface area (Å²) in [5, 5.41) is 0.464. The third-order valence-corrected chi connectivity index (χ3v) is 3.54. The summed E-state index contributed by atoms with van der Waals surface area (Å²) < 4.78 is 0.837. The lowest BCUT2D eigenvalue weighted by atomic mass is 9.96. The number of halogens is 2. The second-order valence-corrected chi connectivity index (χ2v) is 5.29. The van der Waals surface area contributed by atoms with Crippen molar-refractivity contribution in [3.8, 4) is 0 Å². The molecule has 1 aromatic carbocycles. The number of benzene rings is 1. The van der Waals surface area contributed by atoms with Crippen LogP contribution in [0.3, 0.4) is 0 Å². The van der Waals surface area contributed by atoms with Crippen LogP contribution in [0.5, 0.6) is 0 Å². The van der Waals surface area contributed by atoms with Gasteiger partial charge < -0.3 is 0 Å². The number of aromatic nitrogens is 1. The molecule has 0 aliphatic carbocycles. The zero-order valence-corrected chi connectivity index (χ0v) is 12.1. The monoisotopic (exact) mass is 323 g/mol. The number of carbonyl (C=O) groups excluding carboxylic acids is 1. The number of hydrogen-bond donors (Lipinski definition) is 0. The summed E-state index contributed by atoms with van der Waals surface area (Å²) in [6.07, 6.45) is 1.68. The van der Waals surface area contributed by atoms with Crippen LogP contribution in [-0.4, -0.2) is 10.8 Å². The van der Waals surface area contributed by atoms with Crippen molar-refractivity contribution < 1.29 is 4.79 Å². The van der Waals surface area contributed by atoms with Crippen LogP contribution in [0.25, 0.3) is 0 Å². The Hall–Kier alpha value is -1.19. The minimum Gasteiger partial charge on any atom is -0.293 e. The third kappa shape index (κ3) is 2.79. The minimum absolute atomic E-state index is 0.0278. The SMILES string of the molecule is CC(C(=O)c1cc(Br)ccc1Cl)c1ccccn1. The van der Waals surface area contributed by atoms with Crippen LogP contribution in [-0.2, 0) is 0 Å². The molecule has 0 aliphatic heterocycles. The fraction of sp³-hybridized carbons (Fsp3) is 0.143. The molecule has 0 radical (unpaired) electrons. The number of carbonyl (C=O) groups is 1. The molecule has 0 N–H and O–H groups in total. The van der Waals surface area contributed by atoms with E-state index in [-0.39, 0.29) is 11.7 Å². The van der Waals surface area contributed by atoms with Crippen LogP contribution >= 0.6 is 27.5 Å². The molecule has 0 spiro atoms. The van der Waals surface area contributed by atoms with Crippen molar-refractivity contribution >= 4 is 33.3 Å². The summed E-state index contributed by atoms with van der Waals surface area (Å²) in [7, 11) is 0. The van der Waals surface area contributed by atoms with E-state index < -0.39 is 0 Å². The minimum atomic E-state index is -0.307. The lowest BCUT2D eigenvalue weighted by Gasteiger charge is -2.11. The predicted molar refractivity (Wildman–Crippen MR) is 76.1 cm³/mol. The fourth-order valence-electron chi connectivity index (χ4n) is 1.69. The fourth-order valence-corrected chi connectivity index (χ4v) is 2.26. The first kappa shape index (κ1) is 13.2. The van der Waals surface area contributed by atoms with Gasteiger partial charge >= 0.3 is 0 Å². The van der Waals surface area contributed by atoms with E-state index in [9.17, 15) is 4.79 Å². The second kappa shape index (κ2) is 5.63. The van der Waals surface area contributed by atoms with Crippen LogP contribution in [0.2, 0.25) is 5.02 Å². The van der Waals surface area contributed by atoms with Crippen molar-refractivity contribution in [2.24, 2.45) is 0 Å². The molecule has 1 aromatic heterocycles. The quantitative estimate of drug-likeness (QED) is 0.779. The normalized spacial score (nSPS) is 12.2. The Bertz CT molecular complexity index is 571. The van der Waals surface area contributed by atoms with Crippen LogP contribution < -0.4 is 0 Å². The molecule has 1 atom stereocenters. The molecule has 1 unspecified atom stereocenters. The van der Waals surface area contributed by atoms with Crippen molar-refractivity contribution in [3.63, 3.8) is 0 Å². The maximum atomic E-state index is 12.4. The van der Waals surface area contributed by atoms with Gasteiger partial charge in [-0.2, -0.15) is 0 Å². The Morgan fingerprint density at radius 2 is 2.11 bits per heavy atom. The highest BCUT2D eigenvalue weighted by Gasteiger charge is 2.20. The number of ketones is 1. The maximum absolute atomic E-state index is 12.4. The van der Waals surface area contributed by atoms with Crippen LogP contribution in [0, 0.1) is 0 Å². The molecule has 0 aliphatic rings. The third-order valence-electron chi connectivity index (χ3n) is 2.72. The smallest absolute Gasteiger partial charge is 0.173 e. The maximum Gasteiger partial charge on any atom is 0.173 e. The summed E-state index contributed by atoms with van der Waals surface area (Å²) in [6, 6.07) is 10.8. The van der Waals surface area contributed by atoms with Gasteiger partial charge in [-0.1, -0.05) is 33.6 Å². The topological polar surface area (TPSA) is 30.0 Å². The molecular weight excluding hydrogens is 314 g/mol. The number of hydrogen-bond acceptors (Lipinski definition) is 2. The van der Waals surface area contributed by atoms with Crippen molar-refractivity contribution in [3.05, 3.63) is 63.3 Å². The van der Waals surface area contributed by atoms with Gasteiger partial charge in [0.1, 0.15) is 0 Å². The van der Waals surface area contributed by atoms with Gasteiger partial charge in [0, 0.05) is 16.2 Å². The molecule has 18 heavy (non-hydrogen) atoms. The first-order chi connectivity index (χ1) is 8.59. The van der Waals surface area contributed by atoms with Crippen LogP contribution in [0.15, 0.2) is 47.1 Å². The van der Waals surface area contributed by atoms with Gasteiger partial charge in [-0.25, -0.2) is 0 Å². The van der Waals surface area contributed by atoms with Crippen molar-refractivity contribution in [2.75, 3.05) is 0 Å². The van der Waals surface area contributed by atoms with Crippen molar-refractivity contribution in [1.82, 2.24) is 4.98 Å². The lowest BCUT2D eigenvalue weighted by molar-refractivity contribution is 0.0964. The Kier molecular flexibility index (Phi) is 4.15. The lowest BCUT2D eigenvalue weighted by Crippen LogP contribution is -2.11. The Balaban J connectivity index is 2.34. The first-order valence-corrected chi connectivity index (χ1v) is 6.67. The highest BCUT2D eigenvalue weighted by atomic mass is 79.9. The molecule has 0 amide bonds. The highest BCUT2D eigenvalue weighted by Crippen LogP contribution is 2.26. The number of Topliss-reactive ketones (excluding diaryl/α,β-unsaturated/α-hetero) is 1. The van der Waals surface area contributed by atoms with E-state index in [0.29, 0.717) is 10.6 Å².